The highest BCUT2D eigenvalue weighted by Gasteiger charge is 2.13. The lowest BCUT2D eigenvalue weighted by Crippen LogP contribution is -2.37. The normalized spacial score (nSPS) is 12.5. The monoisotopic (exact) mass is 318 g/mol. The van der Waals surface area contributed by atoms with Crippen LogP contribution in [0.15, 0.2) is 34.7 Å². The molecule has 5 heteroatoms. The van der Waals surface area contributed by atoms with Gasteiger partial charge in [-0.05, 0) is 31.4 Å². The molecule has 0 radical (unpaired) electrons. The summed E-state index contributed by atoms with van der Waals surface area (Å²) in [5, 5.41) is 6.76. The van der Waals surface area contributed by atoms with Crippen molar-refractivity contribution in [2.24, 2.45) is 5.92 Å². The van der Waals surface area contributed by atoms with Crippen LogP contribution < -0.4 is 10.6 Å². The van der Waals surface area contributed by atoms with Gasteiger partial charge in [-0.1, -0.05) is 32.0 Å². The molecule has 0 saturated carbocycles. The topological polar surface area (TPSA) is 63.5 Å². The first kappa shape index (κ1) is 17.3. The highest BCUT2D eigenvalue weighted by atomic mass is 16.5. The van der Waals surface area contributed by atoms with Crippen molar-refractivity contribution >= 4 is 17.0 Å². The van der Waals surface area contributed by atoms with E-state index in [2.05, 4.69) is 24.5 Å². The summed E-state index contributed by atoms with van der Waals surface area (Å²) in [7, 11) is 0. The van der Waals surface area contributed by atoms with Gasteiger partial charge in [0, 0.05) is 25.1 Å². The molecule has 0 aliphatic carbocycles. The Morgan fingerprint density at radius 2 is 2.04 bits per heavy atom. The molecule has 1 atom stereocenters. The van der Waals surface area contributed by atoms with Gasteiger partial charge in [0.15, 0.2) is 0 Å². The van der Waals surface area contributed by atoms with Crippen LogP contribution in [-0.4, -0.2) is 25.8 Å². The SMILES string of the molecule is CC(C)COCCCNC(=O)NC(C)c1cc2ccccc2o1. The molecule has 1 unspecified atom stereocenters. The van der Waals surface area contributed by atoms with Gasteiger partial charge in [0.2, 0.25) is 0 Å². The van der Waals surface area contributed by atoms with Crippen molar-refractivity contribution in [3.05, 3.63) is 36.1 Å². The first-order valence-electron chi connectivity index (χ1n) is 8.17. The van der Waals surface area contributed by atoms with Gasteiger partial charge in [0.05, 0.1) is 6.04 Å². The van der Waals surface area contributed by atoms with E-state index in [-0.39, 0.29) is 12.1 Å². The van der Waals surface area contributed by atoms with Gasteiger partial charge in [-0.25, -0.2) is 4.79 Å². The standard InChI is InChI=1S/C18H26N2O3/c1-13(2)12-22-10-6-9-19-18(21)20-14(3)17-11-15-7-4-5-8-16(15)23-17/h4-5,7-8,11,13-14H,6,9-10,12H2,1-3H3,(H2,19,20,21). The number of hydrogen-bond donors (Lipinski definition) is 2. The highest BCUT2D eigenvalue weighted by molar-refractivity contribution is 5.78. The van der Waals surface area contributed by atoms with Crippen molar-refractivity contribution in [1.29, 1.82) is 0 Å². The zero-order chi connectivity index (χ0) is 16.7. The number of hydrogen-bond acceptors (Lipinski definition) is 3. The molecule has 0 aliphatic rings. The summed E-state index contributed by atoms with van der Waals surface area (Å²) in [6.07, 6.45) is 0.805. The van der Waals surface area contributed by atoms with Gasteiger partial charge >= 0.3 is 6.03 Å². The zero-order valence-electron chi connectivity index (χ0n) is 14.1. The lowest BCUT2D eigenvalue weighted by Gasteiger charge is -2.12. The third-order valence-corrected chi connectivity index (χ3v) is 3.42. The van der Waals surface area contributed by atoms with Crippen LogP contribution in [0.2, 0.25) is 0 Å². The van der Waals surface area contributed by atoms with Gasteiger partial charge < -0.3 is 19.8 Å². The second kappa shape index (κ2) is 8.58. The minimum absolute atomic E-state index is 0.181. The molecule has 0 aliphatic heterocycles. The number of nitrogens with one attached hydrogen (secondary N) is 2. The maximum atomic E-state index is 11.9. The highest BCUT2D eigenvalue weighted by Crippen LogP contribution is 2.23. The molecular weight excluding hydrogens is 292 g/mol. The lowest BCUT2D eigenvalue weighted by atomic mass is 10.2. The number of carbonyl (C=O) groups excluding carboxylic acids is 1. The van der Waals surface area contributed by atoms with Crippen LogP contribution in [-0.2, 0) is 4.74 Å². The van der Waals surface area contributed by atoms with Crippen LogP contribution in [0.1, 0.15) is 39.0 Å². The molecular formula is C18H26N2O3. The molecule has 1 aromatic carbocycles. The molecule has 23 heavy (non-hydrogen) atoms. The first-order valence-corrected chi connectivity index (χ1v) is 8.17. The predicted octanol–water partition coefficient (Wildman–Crippen LogP) is 3.86. The molecule has 0 spiro atoms. The third-order valence-electron chi connectivity index (χ3n) is 3.42. The third kappa shape index (κ3) is 5.60. The molecule has 2 rings (SSSR count). The minimum Gasteiger partial charge on any atom is -0.459 e. The van der Waals surface area contributed by atoms with E-state index >= 15 is 0 Å². The summed E-state index contributed by atoms with van der Waals surface area (Å²) in [6.45, 7) is 8.16. The van der Waals surface area contributed by atoms with Crippen molar-refractivity contribution in [2.45, 2.75) is 33.2 Å². The summed E-state index contributed by atoms with van der Waals surface area (Å²) in [6, 6.07) is 9.39. The van der Waals surface area contributed by atoms with Crippen molar-refractivity contribution in [3.8, 4) is 0 Å². The molecule has 1 aromatic heterocycles. The molecule has 2 N–H and O–H groups in total. The number of ether oxygens (including phenoxy) is 1. The number of amides is 2. The van der Waals surface area contributed by atoms with Gasteiger partial charge in [0.25, 0.3) is 0 Å². The van der Waals surface area contributed by atoms with E-state index in [1.54, 1.807) is 0 Å². The van der Waals surface area contributed by atoms with Crippen LogP contribution >= 0.6 is 0 Å². The van der Waals surface area contributed by atoms with Crippen LogP contribution in [0.5, 0.6) is 0 Å². The zero-order valence-corrected chi connectivity index (χ0v) is 14.1. The smallest absolute Gasteiger partial charge is 0.315 e. The maximum Gasteiger partial charge on any atom is 0.315 e. The van der Waals surface area contributed by atoms with Crippen molar-refractivity contribution in [2.75, 3.05) is 19.8 Å². The Kier molecular flexibility index (Phi) is 6.47. The Morgan fingerprint density at radius 3 is 2.78 bits per heavy atom. The number of carbonyl (C=O) groups is 1. The molecule has 0 bridgehead atoms. The number of urea groups is 1. The summed E-state index contributed by atoms with van der Waals surface area (Å²) < 4.78 is 11.2. The Balaban J connectivity index is 1.70. The first-order chi connectivity index (χ1) is 11.1. The van der Waals surface area contributed by atoms with E-state index in [0.717, 1.165) is 29.8 Å². The Labute approximate surface area is 137 Å². The summed E-state index contributed by atoms with van der Waals surface area (Å²) >= 11 is 0. The fourth-order valence-corrected chi connectivity index (χ4v) is 2.23. The lowest BCUT2D eigenvalue weighted by molar-refractivity contribution is 0.108. The van der Waals surface area contributed by atoms with E-state index in [9.17, 15) is 4.79 Å². The largest absolute Gasteiger partial charge is 0.459 e. The number of benzene rings is 1. The average Bonchev–Trinajstić information content (AvgIpc) is 2.94. The summed E-state index contributed by atoms with van der Waals surface area (Å²) in [5.41, 5.74) is 0.832. The van der Waals surface area contributed by atoms with Crippen LogP contribution in [0.3, 0.4) is 0 Å². The minimum atomic E-state index is -0.193. The maximum absolute atomic E-state index is 11.9. The van der Waals surface area contributed by atoms with Gasteiger partial charge in [-0.15, -0.1) is 0 Å². The summed E-state index contributed by atoms with van der Waals surface area (Å²) in [5.74, 6) is 1.29. The molecule has 5 nitrogen and oxygen atoms in total. The van der Waals surface area contributed by atoms with Crippen LogP contribution in [0.4, 0.5) is 4.79 Å². The van der Waals surface area contributed by atoms with Gasteiger partial charge in [0.1, 0.15) is 11.3 Å². The van der Waals surface area contributed by atoms with E-state index in [1.807, 2.05) is 37.3 Å². The van der Waals surface area contributed by atoms with E-state index in [0.29, 0.717) is 19.1 Å². The molecule has 0 fully saturated rings. The van der Waals surface area contributed by atoms with Crippen molar-refractivity contribution < 1.29 is 13.9 Å². The number of furan rings is 1. The molecule has 126 valence electrons. The van der Waals surface area contributed by atoms with Crippen molar-refractivity contribution in [3.63, 3.8) is 0 Å². The predicted molar refractivity (Wildman–Crippen MR) is 91.4 cm³/mol. The Bertz CT molecular complexity index is 589. The Morgan fingerprint density at radius 1 is 1.26 bits per heavy atom. The fraction of sp³-hybridized carbons (Fsp3) is 0.500. The van der Waals surface area contributed by atoms with Gasteiger partial charge in [-0.3, -0.25) is 0 Å². The van der Waals surface area contributed by atoms with Crippen molar-refractivity contribution in [1.82, 2.24) is 10.6 Å². The second-order valence-corrected chi connectivity index (χ2v) is 6.13. The van der Waals surface area contributed by atoms with Gasteiger partial charge in [-0.2, -0.15) is 0 Å². The molecule has 2 aromatic rings. The Hall–Kier alpha value is -2.01. The molecule has 0 saturated heterocycles. The average molecular weight is 318 g/mol. The van der Waals surface area contributed by atoms with E-state index in [4.69, 9.17) is 9.15 Å². The van der Waals surface area contributed by atoms with Crippen LogP contribution in [0, 0.1) is 5.92 Å². The molecule has 2 amide bonds. The van der Waals surface area contributed by atoms with E-state index < -0.39 is 0 Å². The molecule has 1 heterocycles. The number of fused-ring (bicyclic) bond motifs is 1. The van der Waals surface area contributed by atoms with E-state index in [1.165, 1.54) is 0 Å². The number of rotatable bonds is 8. The second-order valence-electron chi connectivity index (χ2n) is 6.13. The van der Waals surface area contributed by atoms with Crippen LogP contribution in [0.25, 0.3) is 11.0 Å². The fourth-order valence-electron chi connectivity index (χ4n) is 2.23. The summed E-state index contributed by atoms with van der Waals surface area (Å²) in [4.78, 5) is 11.9. The number of para-hydroxylation sites is 1. The quantitative estimate of drug-likeness (QED) is 0.727.